The van der Waals surface area contributed by atoms with Crippen LogP contribution >= 0.6 is 11.5 Å². The zero-order chi connectivity index (χ0) is 12.5. The second-order valence-corrected chi connectivity index (χ2v) is 4.72. The van der Waals surface area contributed by atoms with Crippen molar-refractivity contribution in [2.75, 3.05) is 11.9 Å². The van der Waals surface area contributed by atoms with Gasteiger partial charge in [-0.3, -0.25) is 0 Å². The molecule has 96 valence electrons. The van der Waals surface area contributed by atoms with Crippen molar-refractivity contribution in [2.24, 2.45) is 0 Å². The Balaban J connectivity index is 1.97. The van der Waals surface area contributed by atoms with Gasteiger partial charge in [-0.15, -0.1) is 0 Å². The predicted octanol–water partition coefficient (Wildman–Crippen LogP) is 2.54. The summed E-state index contributed by atoms with van der Waals surface area (Å²) in [6.45, 7) is 2.55. The number of hydrogen-bond donors (Lipinski definition) is 1. The van der Waals surface area contributed by atoms with Crippen LogP contribution in [0, 0.1) is 0 Å². The Morgan fingerprint density at radius 3 is 2.82 bits per heavy atom. The maximum Gasteiger partial charge on any atom is 0.452 e. The fourth-order valence-corrected chi connectivity index (χ4v) is 2.36. The summed E-state index contributed by atoms with van der Waals surface area (Å²) in [5.41, 5.74) is 0. The molecule has 17 heavy (non-hydrogen) atoms. The number of rotatable bonds is 2. The average molecular weight is 267 g/mol. The highest BCUT2D eigenvalue weighted by Gasteiger charge is 2.36. The second kappa shape index (κ2) is 4.77. The molecule has 0 saturated carbocycles. The van der Waals surface area contributed by atoms with Crippen molar-refractivity contribution < 1.29 is 17.9 Å². The molecular weight excluding hydrogens is 255 g/mol. The summed E-state index contributed by atoms with van der Waals surface area (Å²) in [5.74, 6) is -1.08. The number of anilines is 1. The van der Waals surface area contributed by atoms with E-state index in [2.05, 4.69) is 14.7 Å². The molecule has 1 N–H and O–H groups in total. The van der Waals surface area contributed by atoms with Crippen LogP contribution in [0.2, 0.25) is 0 Å². The lowest BCUT2D eigenvalue weighted by atomic mass is 10.1. The number of nitrogens with zero attached hydrogens (tertiary/aromatic N) is 2. The van der Waals surface area contributed by atoms with Crippen LogP contribution < -0.4 is 5.32 Å². The van der Waals surface area contributed by atoms with E-state index in [0.29, 0.717) is 6.61 Å². The van der Waals surface area contributed by atoms with E-state index in [1.807, 2.05) is 6.92 Å². The van der Waals surface area contributed by atoms with Crippen LogP contribution in [-0.2, 0) is 10.9 Å². The smallest absolute Gasteiger partial charge is 0.378 e. The summed E-state index contributed by atoms with van der Waals surface area (Å²) in [6.07, 6.45) is -2.82. The Hall–Kier alpha value is -0.890. The quantitative estimate of drug-likeness (QED) is 0.894. The van der Waals surface area contributed by atoms with Crippen molar-refractivity contribution in [3.05, 3.63) is 5.82 Å². The zero-order valence-corrected chi connectivity index (χ0v) is 9.94. The maximum atomic E-state index is 12.3. The van der Waals surface area contributed by atoms with Crippen LogP contribution in [0.3, 0.4) is 0 Å². The van der Waals surface area contributed by atoms with E-state index in [1.165, 1.54) is 0 Å². The van der Waals surface area contributed by atoms with Crippen molar-refractivity contribution in [3.63, 3.8) is 0 Å². The first kappa shape index (κ1) is 12.6. The molecule has 2 rings (SSSR count). The number of alkyl halides is 3. The molecule has 1 fully saturated rings. The summed E-state index contributed by atoms with van der Waals surface area (Å²) < 4.78 is 45.5. The monoisotopic (exact) mass is 267 g/mol. The van der Waals surface area contributed by atoms with Gasteiger partial charge in [-0.2, -0.15) is 22.5 Å². The van der Waals surface area contributed by atoms with E-state index in [4.69, 9.17) is 4.74 Å². The second-order valence-electron chi connectivity index (χ2n) is 3.97. The maximum absolute atomic E-state index is 12.3. The highest BCUT2D eigenvalue weighted by molar-refractivity contribution is 7.09. The minimum absolute atomic E-state index is 0.104. The van der Waals surface area contributed by atoms with E-state index < -0.39 is 12.0 Å². The van der Waals surface area contributed by atoms with E-state index in [1.54, 1.807) is 0 Å². The first-order valence-electron chi connectivity index (χ1n) is 5.24. The van der Waals surface area contributed by atoms with E-state index in [-0.39, 0.29) is 17.3 Å². The summed E-state index contributed by atoms with van der Waals surface area (Å²) in [5, 5.41) is 3.19. The zero-order valence-electron chi connectivity index (χ0n) is 9.12. The Kier molecular flexibility index (Phi) is 3.53. The summed E-state index contributed by atoms with van der Waals surface area (Å²) in [6, 6.07) is 0.104. The third-order valence-corrected chi connectivity index (χ3v) is 3.14. The molecule has 4 nitrogen and oxygen atoms in total. The summed E-state index contributed by atoms with van der Waals surface area (Å²) in [4.78, 5) is 3.43. The first-order valence-corrected chi connectivity index (χ1v) is 6.01. The molecule has 1 aromatic heterocycles. The molecule has 8 heteroatoms. The molecule has 2 unspecified atom stereocenters. The van der Waals surface area contributed by atoms with Crippen molar-refractivity contribution in [2.45, 2.75) is 38.1 Å². The third-order valence-electron chi connectivity index (χ3n) is 2.49. The molecule has 2 heterocycles. The number of halogens is 3. The first-order chi connectivity index (χ1) is 7.95. The van der Waals surface area contributed by atoms with E-state index in [0.717, 1.165) is 24.4 Å². The number of ether oxygens (including phenoxy) is 1. The van der Waals surface area contributed by atoms with Gasteiger partial charge in [-0.25, -0.2) is 0 Å². The van der Waals surface area contributed by atoms with Crippen molar-refractivity contribution in [1.82, 2.24) is 9.36 Å². The molecule has 0 amide bonds. The van der Waals surface area contributed by atoms with Gasteiger partial charge in [0.2, 0.25) is 11.0 Å². The van der Waals surface area contributed by atoms with Crippen molar-refractivity contribution >= 4 is 16.7 Å². The topological polar surface area (TPSA) is 47.0 Å². The van der Waals surface area contributed by atoms with Gasteiger partial charge in [0.1, 0.15) is 0 Å². The minimum atomic E-state index is -4.47. The molecule has 1 aromatic rings. The van der Waals surface area contributed by atoms with Gasteiger partial charge < -0.3 is 10.1 Å². The van der Waals surface area contributed by atoms with Gasteiger partial charge in [0.15, 0.2) is 0 Å². The van der Waals surface area contributed by atoms with Gasteiger partial charge in [0.05, 0.1) is 6.10 Å². The van der Waals surface area contributed by atoms with Gasteiger partial charge in [-0.05, 0) is 19.8 Å². The molecule has 1 aliphatic rings. The summed E-state index contributed by atoms with van der Waals surface area (Å²) >= 11 is 0.738. The molecule has 0 aliphatic carbocycles. The lowest BCUT2D eigenvalue weighted by Crippen LogP contribution is -2.32. The Labute approximate surface area is 100 Å². The van der Waals surface area contributed by atoms with Gasteiger partial charge in [-0.1, -0.05) is 0 Å². The minimum Gasteiger partial charge on any atom is -0.378 e. The largest absolute Gasteiger partial charge is 0.452 e. The highest BCUT2D eigenvalue weighted by Crippen LogP contribution is 2.29. The molecule has 2 atom stereocenters. The third kappa shape index (κ3) is 3.29. The number of nitrogens with one attached hydrogen (secondary N) is 1. The van der Waals surface area contributed by atoms with Crippen molar-refractivity contribution in [3.8, 4) is 0 Å². The Morgan fingerprint density at radius 2 is 2.24 bits per heavy atom. The van der Waals surface area contributed by atoms with Gasteiger partial charge in [0.25, 0.3) is 0 Å². The van der Waals surface area contributed by atoms with Crippen LogP contribution in [0.25, 0.3) is 0 Å². The fraction of sp³-hybridized carbons (Fsp3) is 0.778. The number of aromatic nitrogens is 2. The van der Waals surface area contributed by atoms with Crippen LogP contribution in [0.1, 0.15) is 25.6 Å². The molecular formula is C9H12F3N3OS. The molecule has 0 bridgehead atoms. The van der Waals surface area contributed by atoms with Gasteiger partial charge >= 0.3 is 6.18 Å². The summed E-state index contributed by atoms with van der Waals surface area (Å²) in [7, 11) is 0. The lowest BCUT2D eigenvalue weighted by Gasteiger charge is -2.27. The van der Waals surface area contributed by atoms with Crippen LogP contribution in [0.15, 0.2) is 0 Å². The van der Waals surface area contributed by atoms with E-state index >= 15 is 0 Å². The fourth-order valence-electron chi connectivity index (χ4n) is 1.70. The predicted molar refractivity (Wildman–Crippen MR) is 57.0 cm³/mol. The Morgan fingerprint density at radius 1 is 1.47 bits per heavy atom. The van der Waals surface area contributed by atoms with Crippen molar-refractivity contribution in [1.29, 1.82) is 0 Å². The average Bonchev–Trinajstić information content (AvgIpc) is 2.65. The molecule has 0 radical (unpaired) electrons. The van der Waals surface area contributed by atoms with E-state index in [9.17, 15) is 13.2 Å². The Bertz CT molecular complexity index is 382. The normalized spacial score (nSPS) is 25.9. The van der Waals surface area contributed by atoms with Gasteiger partial charge in [0, 0.05) is 24.2 Å². The molecule has 1 aliphatic heterocycles. The SMILES string of the molecule is CC1CC(Nc2nc(C(F)(F)F)ns2)CCO1. The molecule has 0 spiro atoms. The highest BCUT2D eigenvalue weighted by atomic mass is 32.1. The van der Waals surface area contributed by atoms with Crippen LogP contribution in [0.4, 0.5) is 18.3 Å². The lowest BCUT2D eigenvalue weighted by molar-refractivity contribution is -0.144. The number of hydrogen-bond acceptors (Lipinski definition) is 5. The van der Waals surface area contributed by atoms with Crippen LogP contribution in [-0.4, -0.2) is 28.1 Å². The van der Waals surface area contributed by atoms with Crippen LogP contribution in [0.5, 0.6) is 0 Å². The molecule has 0 aromatic carbocycles. The standard InChI is InChI=1S/C9H12F3N3OS/c1-5-4-6(2-3-16-5)13-8-14-7(15-17-8)9(10,11)12/h5-6H,2-4H2,1H3,(H,13,14,15). The molecule has 1 saturated heterocycles.